The van der Waals surface area contributed by atoms with Crippen LogP contribution in [0, 0.1) is 6.92 Å². The Morgan fingerprint density at radius 1 is 1.23 bits per heavy atom. The van der Waals surface area contributed by atoms with E-state index in [0.29, 0.717) is 23.9 Å². The molecule has 0 saturated heterocycles. The average Bonchev–Trinajstić information content (AvgIpc) is 3.48. The molecule has 0 radical (unpaired) electrons. The van der Waals surface area contributed by atoms with E-state index in [-0.39, 0.29) is 13.2 Å². The van der Waals surface area contributed by atoms with Crippen molar-refractivity contribution in [3.63, 3.8) is 0 Å². The van der Waals surface area contributed by atoms with Crippen molar-refractivity contribution in [2.45, 2.75) is 46.3 Å². The second kappa shape index (κ2) is 12.3. The fraction of sp³-hybridized carbons (Fsp3) is 0.480. The van der Waals surface area contributed by atoms with Gasteiger partial charge in [-0.05, 0) is 68.8 Å². The number of hydrogen-bond acceptors (Lipinski definition) is 9. The molecule has 3 rings (SSSR count). The fourth-order valence-corrected chi connectivity index (χ4v) is 5.00. The first-order valence-electron chi connectivity index (χ1n) is 11.7. The van der Waals surface area contributed by atoms with Gasteiger partial charge in [0.1, 0.15) is 25.1 Å². The Hall–Kier alpha value is -2.79. The summed E-state index contributed by atoms with van der Waals surface area (Å²) in [6, 6.07) is 6.04. The molecule has 0 fully saturated rings. The summed E-state index contributed by atoms with van der Waals surface area (Å²) in [4.78, 5) is 20.2. The van der Waals surface area contributed by atoms with Crippen molar-refractivity contribution < 1.29 is 24.3 Å². The second-order valence-electron chi connectivity index (χ2n) is 8.64. The van der Waals surface area contributed by atoms with E-state index in [0.717, 1.165) is 34.5 Å². The number of aromatic nitrogens is 2. The van der Waals surface area contributed by atoms with Gasteiger partial charge in [0, 0.05) is 23.5 Å². The summed E-state index contributed by atoms with van der Waals surface area (Å²) in [6.07, 6.45) is 0.763. The number of benzene rings is 1. The molecule has 9 nitrogen and oxygen atoms in total. The van der Waals surface area contributed by atoms with Gasteiger partial charge in [0.2, 0.25) is 11.7 Å². The van der Waals surface area contributed by atoms with Crippen molar-refractivity contribution >= 4 is 17.2 Å². The first-order chi connectivity index (χ1) is 16.7. The van der Waals surface area contributed by atoms with Gasteiger partial charge in [0.05, 0.1) is 4.88 Å². The summed E-state index contributed by atoms with van der Waals surface area (Å²) in [5.74, 6) is 1.16. The van der Waals surface area contributed by atoms with Crippen LogP contribution in [0.4, 0.5) is 0 Å². The van der Waals surface area contributed by atoms with Crippen LogP contribution in [0.25, 0.3) is 22.2 Å². The van der Waals surface area contributed by atoms with Crippen LogP contribution in [-0.4, -0.2) is 71.1 Å². The highest BCUT2D eigenvalue weighted by Gasteiger charge is 2.18. The molecule has 0 aliphatic heterocycles. The molecule has 10 heteroatoms. The molecule has 2 aromatic heterocycles. The number of carbonyl (C=O) groups is 1. The Labute approximate surface area is 209 Å². The molecule has 1 aromatic carbocycles. The lowest BCUT2D eigenvalue weighted by Gasteiger charge is -2.17. The lowest BCUT2D eigenvalue weighted by Crippen LogP contribution is -2.36. The van der Waals surface area contributed by atoms with E-state index in [1.807, 2.05) is 26.0 Å². The van der Waals surface area contributed by atoms with Crippen LogP contribution in [0.1, 0.15) is 35.4 Å². The molecule has 1 unspecified atom stereocenters. The van der Waals surface area contributed by atoms with Gasteiger partial charge in [-0.1, -0.05) is 19.0 Å². The van der Waals surface area contributed by atoms with Gasteiger partial charge in [0.25, 0.3) is 5.89 Å². The van der Waals surface area contributed by atoms with Crippen molar-refractivity contribution in [1.82, 2.24) is 20.4 Å². The lowest BCUT2D eigenvalue weighted by molar-refractivity contribution is -0.124. The van der Waals surface area contributed by atoms with Gasteiger partial charge in [0.15, 0.2) is 0 Å². The summed E-state index contributed by atoms with van der Waals surface area (Å²) in [5, 5.41) is 25.5. The molecule has 0 aliphatic rings. The van der Waals surface area contributed by atoms with E-state index in [1.54, 1.807) is 11.3 Å². The molecule has 0 saturated carbocycles. The number of amides is 1. The zero-order valence-corrected chi connectivity index (χ0v) is 21.7. The van der Waals surface area contributed by atoms with Crippen molar-refractivity contribution in [2.75, 3.05) is 33.9 Å². The summed E-state index contributed by atoms with van der Waals surface area (Å²) in [6.45, 7) is 6.37. The minimum Gasteiger partial charge on any atom is -0.490 e. The highest BCUT2D eigenvalue weighted by molar-refractivity contribution is 7.15. The van der Waals surface area contributed by atoms with Crippen molar-refractivity contribution in [2.24, 2.45) is 0 Å². The molecule has 190 valence electrons. The van der Waals surface area contributed by atoms with Gasteiger partial charge < -0.3 is 29.7 Å². The molecule has 0 spiro atoms. The maximum atomic E-state index is 11.2. The number of hydrogen-bond donors (Lipinski definition) is 3. The van der Waals surface area contributed by atoms with E-state index >= 15 is 0 Å². The Kier molecular flexibility index (Phi) is 9.39. The number of nitrogens with one attached hydrogen (secondary N) is 1. The minimum atomic E-state index is -0.898. The number of rotatable bonds is 12. The number of thiophene rings is 1. The maximum Gasteiger partial charge on any atom is 0.268 e. The van der Waals surface area contributed by atoms with Crippen LogP contribution in [0.3, 0.4) is 0 Å². The molecule has 1 amide bonds. The number of aryl methyl sites for hydroxylation is 3. The topological polar surface area (TPSA) is 121 Å². The van der Waals surface area contributed by atoms with Crippen LogP contribution in [-0.2, 0) is 24.2 Å². The van der Waals surface area contributed by atoms with Crippen LogP contribution in [0.5, 0.6) is 5.75 Å². The standard InChI is InChI=1S/C25H34N4O5S/c1-6-16-10-20(35-21(16)12-29(4)5)25-27-24(28-34-25)18-8-15(3)23(17(7-2)9-18)33-14-19(31)11-26-22(32)13-30/h8-10,19,30-31H,6-7,11-14H2,1-5H3,(H,26,32). The normalized spacial score (nSPS) is 12.2. The van der Waals surface area contributed by atoms with Gasteiger partial charge in [-0.2, -0.15) is 4.98 Å². The van der Waals surface area contributed by atoms with Gasteiger partial charge in [-0.3, -0.25) is 4.79 Å². The van der Waals surface area contributed by atoms with Crippen LogP contribution >= 0.6 is 11.3 Å². The van der Waals surface area contributed by atoms with Gasteiger partial charge in [-0.25, -0.2) is 0 Å². The Balaban J connectivity index is 1.78. The molecular formula is C25H34N4O5S. The largest absolute Gasteiger partial charge is 0.490 e. The molecule has 3 N–H and O–H groups in total. The summed E-state index contributed by atoms with van der Waals surface area (Å²) in [5.41, 5.74) is 3.96. The number of carbonyl (C=O) groups excluding carboxylic acids is 1. The van der Waals surface area contributed by atoms with E-state index < -0.39 is 18.6 Å². The molecular weight excluding hydrogens is 468 g/mol. The highest BCUT2D eigenvalue weighted by Crippen LogP contribution is 2.34. The molecule has 1 atom stereocenters. The molecule has 0 bridgehead atoms. The highest BCUT2D eigenvalue weighted by atomic mass is 32.1. The molecule has 35 heavy (non-hydrogen) atoms. The van der Waals surface area contributed by atoms with Crippen LogP contribution in [0.15, 0.2) is 22.7 Å². The predicted octanol–water partition coefficient (Wildman–Crippen LogP) is 2.81. The third-order valence-corrected chi connectivity index (χ3v) is 6.61. The van der Waals surface area contributed by atoms with Crippen LogP contribution < -0.4 is 10.1 Å². The van der Waals surface area contributed by atoms with Gasteiger partial charge >= 0.3 is 0 Å². The predicted molar refractivity (Wildman–Crippen MR) is 136 cm³/mol. The number of aliphatic hydroxyl groups excluding tert-OH is 2. The Morgan fingerprint density at radius 3 is 2.63 bits per heavy atom. The summed E-state index contributed by atoms with van der Waals surface area (Å²) >= 11 is 1.68. The van der Waals surface area contributed by atoms with E-state index in [4.69, 9.17) is 14.4 Å². The molecule has 3 aromatic rings. The SMILES string of the molecule is CCc1cc(-c2nc(-c3cc(C)c(OCC(O)CNC(=O)CO)c(CC)c3)no2)sc1CN(C)C. The number of aliphatic hydroxyl groups is 2. The number of nitrogens with zero attached hydrogens (tertiary/aromatic N) is 3. The van der Waals surface area contributed by atoms with Crippen molar-refractivity contribution in [1.29, 1.82) is 0 Å². The smallest absolute Gasteiger partial charge is 0.268 e. The van der Waals surface area contributed by atoms with Crippen molar-refractivity contribution in [3.05, 3.63) is 39.8 Å². The Bertz CT molecular complexity index is 1140. The van der Waals surface area contributed by atoms with Crippen molar-refractivity contribution in [3.8, 4) is 27.9 Å². The molecule has 0 aliphatic carbocycles. The first-order valence-corrected chi connectivity index (χ1v) is 12.5. The summed E-state index contributed by atoms with van der Waals surface area (Å²) in [7, 11) is 4.11. The quantitative estimate of drug-likeness (QED) is 0.346. The first kappa shape index (κ1) is 26.8. The minimum absolute atomic E-state index is 0.00232. The molecule has 2 heterocycles. The summed E-state index contributed by atoms with van der Waals surface area (Å²) < 4.78 is 11.5. The zero-order valence-electron chi connectivity index (χ0n) is 20.9. The average molecular weight is 503 g/mol. The fourth-order valence-electron chi connectivity index (χ4n) is 3.70. The third kappa shape index (κ3) is 6.88. The third-order valence-electron chi connectivity index (χ3n) is 5.46. The second-order valence-corrected chi connectivity index (χ2v) is 9.77. The Morgan fingerprint density at radius 2 is 1.97 bits per heavy atom. The van der Waals surface area contributed by atoms with E-state index in [1.165, 1.54) is 10.4 Å². The van der Waals surface area contributed by atoms with E-state index in [9.17, 15) is 9.90 Å². The van der Waals surface area contributed by atoms with E-state index in [2.05, 4.69) is 47.4 Å². The van der Waals surface area contributed by atoms with Gasteiger partial charge in [-0.15, -0.1) is 11.3 Å². The van der Waals surface area contributed by atoms with Crippen LogP contribution in [0.2, 0.25) is 0 Å². The lowest BCUT2D eigenvalue weighted by atomic mass is 10.0. The zero-order chi connectivity index (χ0) is 25.5. The maximum absolute atomic E-state index is 11.2. The monoisotopic (exact) mass is 502 g/mol. The number of ether oxygens (including phenoxy) is 1.